The fraction of sp³-hybridized carbons (Fsp3) is 0.368. The standard InChI is InChI=1S/C19H23N/c1-19(2,16-9-4-3-5-10-16)14-18-17-11-7-6-8-15(17)12-13-20-18/h3-11,18,20H,12-14H2,1-2H3. The highest BCUT2D eigenvalue weighted by molar-refractivity contribution is 5.34. The van der Waals surface area contributed by atoms with E-state index in [9.17, 15) is 0 Å². The number of benzene rings is 2. The summed E-state index contributed by atoms with van der Waals surface area (Å²) in [6.07, 6.45) is 2.28. The molecule has 0 amide bonds. The summed E-state index contributed by atoms with van der Waals surface area (Å²) in [4.78, 5) is 0. The predicted octanol–water partition coefficient (Wildman–Crippen LogP) is 4.24. The van der Waals surface area contributed by atoms with Gasteiger partial charge in [-0.2, -0.15) is 0 Å². The summed E-state index contributed by atoms with van der Waals surface area (Å²) in [7, 11) is 0. The molecule has 20 heavy (non-hydrogen) atoms. The third-order valence-corrected chi connectivity index (χ3v) is 4.49. The van der Waals surface area contributed by atoms with Crippen molar-refractivity contribution in [2.45, 2.75) is 38.1 Å². The normalized spacial score (nSPS) is 18.6. The molecule has 0 spiro atoms. The molecule has 1 aliphatic heterocycles. The maximum absolute atomic E-state index is 3.70. The first-order valence-corrected chi connectivity index (χ1v) is 7.53. The minimum Gasteiger partial charge on any atom is -0.310 e. The van der Waals surface area contributed by atoms with Crippen LogP contribution >= 0.6 is 0 Å². The minimum absolute atomic E-state index is 0.184. The third-order valence-electron chi connectivity index (χ3n) is 4.49. The van der Waals surface area contributed by atoms with Crippen molar-refractivity contribution in [1.29, 1.82) is 0 Å². The van der Waals surface area contributed by atoms with E-state index < -0.39 is 0 Å². The molecule has 1 heteroatoms. The van der Waals surface area contributed by atoms with Crippen molar-refractivity contribution < 1.29 is 0 Å². The van der Waals surface area contributed by atoms with Gasteiger partial charge in [0.25, 0.3) is 0 Å². The lowest BCUT2D eigenvalue weighted by Crippen LogP contribution is -2.34. The second-order valence-corrected chi connectivity index (χ2v) is 6.41. The summed E-state index contributed by atoms with van der Waals surface area (Å²) >= 11 is 0. The molecule has 3 rings (SSSR count). The van der Waals surface area contributed by atoms with Gasteiger partial charge in [-0.05, 0) is 41.5 Å². The maximum atomic E-state index is 3.70. The Morgan fingerprint density at radius 2 is 1.70 bits per heavy atom. The Bertz CT molecular complexity index is 571. The molecule has 0 radical (unpaired) electrons. The average Bonchev–Trinajstić information content (AvgIpc) is 2.48. The summed E-state index contributed by atoms with van der Waals surface area (Å²) in [6, 6.07) is 20.2. The van der Waals surface area contributed by atoms with Crippen LogP contribution in [0.2, 0.25) is 0 Å². The van der Waals surface area contributed by atoms with Gasteiger partial charge in [0.1, 0.15) is 0 Å². The molecule has 1 atom stereocenters. The van der Waals surface area contributed by atoms with Gasteiger partial charge in [0.2, 0.25) is 0 Å². The molecule has 0 aromatic heterocycles. The van der Waals surface area contributed by atoms with Crippen molar-refractivity contribution in [2.75, 3.05) is 6.54 Å². The summed E-state index contributed by atoms with van der Waals surface area (Å²) in [5, 5.41) is 3.70. The molecular weight excluding hydrogens is 242 g/mol. The Hall–Kier alpha value is -1.60. The van der Waals surface area contributed by atoms with Crippen molar-refractivity contribution in [3.63, 3.8) is 0 Å². The molecular formula is C19H23N. The van der Waals surface area contributed by atoms with Crippen molar-refractivity contribution in [1.82, 2.24) is 5.32 Å². The first kappa shape index (κ1) is 13.4. The summed E-state index contributed by atoms with van der Waals surface area (Å²) in [5.41, 5.74) is 4.61. The molecule has 0 fully saturated rings. The molecule has 0 saturated heterocycles. The Morgan fingerprint density at radius 3 is 2.50 bits per heavy atom. The molecule has 1 aliphatic rings. The lowest BCUT2D eigenvalue weighted by Gasteiger charge is -2.34. The summed E-state index contributed by atoms with van der Waals surface area (Å²) < 4.78 is 0. The topological polar surface area (TPSA) is 12.0 Å². The van der Waals surface area contributed by atoms with Crippen LogP contribution in [0.4, 0.5) is 0 Å². The highest BCUT2D eigenvalue weighted by atomic mass is 14.9. The van der Waals surface area contributed by atoms with Gasteiger partial charge < -0.3 is 5.32 Å². The molecule has 0 aliphatic carbocycles. The Morgan fingerprint density at radius 1 is 1.00 bits per heavy atom. The predicted molar refractivity (Wildman–Crippen MR) is 85.0 cm³/mol. The molecule has 1 unspecified atom stereocenters. The Kier molecular flexibility index (Phi) is 3.62. The van der Waals surface area contributed by atoms with Gasteiger partial charge in [0.05, 0.1) is 0 Å². The van der Waals surface area contributed by atoms with Gasteiger partial charge in [-0.3, -0.25) is 0 Å². The van der Waals surface area contributed by atoms with E-state index >= 15 is 0 Å². The quantitative estimate of drug-likeness (QED) is 0.875. The zero-order valence-electron chi connectivity index (χ0n) is 12.4. The zero-order valence-corrected chi connectivity index (χ0v) is 12.4. The second kappa shape index (κ2) is 5.41. The minimum atomic E-state index is 0.184. The Balaban J connectivity index is 1.85. The molecule has 2 aromatic rings. The van der Waals surface area contributed by atoms with E-state index in [1.54, 1.807) is 0 Å². The number of hydrogen-bond donors (Lipinski definition) is 1. The van der Waals surface area contributed by atoms with Crippen molar-refractivity contribution in [3.8, 4) is 0 Å². The van der Waals surface area contributed by atoms with Crippen LogP contribution in [0, 0.1) is 0 Å². The van der Waals surface area contributed by atoms with Gasteiger partial charge in [-0.1, -0.05) is 68.4 Å². The summed E-state index contributed by atoms with van der Waals surface area (Å²) in [6.45, 7) is 5.79. The maximum Gasteiger partial charge on any atom is 0.0331 e. The van der Waals surface area contributed by atoms with Crippen LogP contribution < -0.4 is 5.32 Å². The van der Waals surface area contributed by atoms with E-state index in [1.165, 1.54) is 16.7 Å². The third kappa shape index (κ3) is 2.64. The van der Waals surface area contributed by atoms with Gasteiger partial charge in [-0.15, -0.1) is 0 Å². The molecule has 104 valence electrons. The molecule has 0 bridgehead atoms. The van der Waals surface area contributed by atoms with E-state index in [2.05, 4.69) is 73.8 Å². The van der Waals surface area contributed by atoms with Gasteiger partial charge >= 0.3 is 0 Å². The molecule has 1 N–H and O–H groups in total. The van der Waals surface area contributed by atoms with Crippen molar-refractivity contribution in [3.05, 3.63) is 71.3 Å². The number of rotatable bonds is 3. The lowest BCUT2D eigenvalue weighted by molar-refractivity contribution is 0.368. The number of hydrogen-bond acceptors (Lipinski definition) is 1. The smallest absolute Gasteiger partial charge is 0.0331 e. The van der Waals surface area contributed by atoms with Gasteiger partial charge in [0.15, 0.2) is 0 Å². The van der Waals surface area contributed by atoms with Crippen LogP contribution in [-0.2, 0) is 11.8 Å². The van der Waals surface area contributed by atoms with Crippen LogP contribution in [-0.4, -0.2) is 6.54 Å². The number of fused-ring (bicyclic) bond motifs is 1. The van der Waals surface area contributed by atoms with Crippen LogP contribution in [0.1, 0.15) is 43.0 Å². The second-order valence-electron chi connectivity index (χ2n) is 6.41. The van der Waals surface area contributed by atoms with E-state index in [0.717, 1.165) is 19.4 Å². The van der Waals surface area contributed by atoms with Crippen molar-refractivity contribution >= 4 is 0 Å². The van der Waals surface area contributed by atoms with Crippen LogP contribution in [0.15, 0.2) is 54.6 Å². The van der Waals surface area contributed by atoms with Gasteiger partial charge in [0, 0.05) is 6.04 Å². The number of nitrogens with one attached hydrogen (secondary N) is 1. The van der Waals surface area contributed by atoms with E-state index in [-0.39, 0.29) is 5.41 Å². The molecule has 0 saturated carbocycles. The highest BCUT2D eigenvalue weighted by Crippen LogP contribution is 2.35. The van der Waals surface area contributed by atoms with Gasteiger partial charge in [-0.25, -0.2) is 0 Å². The highest BCUT2D eigenvalue weighted by Gasteiger charge is 2.28. The monoisotopic (exact) mass is 265 g/mol. The fourth-order valence-electron chi connectivity index (χ4n) is 3.29. The molecule has 1 heterocycles. The Labute approximate surface area is 122 Å². The van der Waals surface area contributed by atoms with Crippen LogP contribution in [0.5, 0.6) is 0 Å². The SMILES string of the molecule is CC(C)(CC1NCCc2ccccc21)c1ccccc1. The zero-order chi connectivity index (χ0) is 14.0. The summed E-state index contributed by atoms with van der Waals surface area (Å²) in [5.74, 6) is 0. The lowest BCUT2D eigenvalue weighted by atomic mass is 9.76. The largest absolute Gasteiger partial charge is 0.310 e. The average molecular weight is 265 g/mol. The first-order valence-electron chi connectivity index (χ1n) is 7.53. The fourth-order valence-corrected chi connectivity index (χ4v) is 3.29. The first-order chi connectivity index (χ1) is 9.67. The van der Waals surface area contributed by atoms with E-state index in [4.69, 9.17) is 0 Å². The van der Waals surface area contributed by atoms with Crippen LogP contribution in [0.25, 0.3) is 0 Å². The van der Waals surface area contributed by atoms with E-state index in [1.807, 2.05) is 0 Å². The molecule has 2 aromatic carbocycles. The molecule has 1 nitrogen and oxygen atoms in total. The van der Waals surface area contributed by atoms with Crippen molar-refractivity contribution in [2.24, 2.45) is 0 Å². The van der Waals surface area contributed by atoms with E-state index in [0.29, 0.717) is 6.04 Å². The van der Waals surface area contributed by atoms with Crippen LogP contribution in [0.3, 0.4) is 0 Å².